The molecular weight excluding hydrogens is 254 g/mol. The maximum atomic E-state index is 11.8. The number of aromatic nitrogens is 2. The minimum absolute atomic E-state index is 0.0743. The van der Waals surface area contributed by atoms with Crippen molar-refractivity contribution >= 4 is 17.6 Å². The first kappa shape index (κ1) is 13.4. The molecule has 1 aliphatic heterocycles. The van der Waals surface area contributed by atoms with Gasteiger partial charge in [-0.15, -0.1) is 11.8 Å². The highest BCUT2D eigenvalue weighted by atomic mass is 32.2. The van der Waals surface area contributed by atoms with Gasteiger partial charge < -0.3 is 15.9 Å². The summed E-state index contributed by atoms with van der Waals surface area (Å²) in [6, 6.07) is 0. The summed E-state index contributed by atoms with van der Waals surface area (Å²) >= 11 is 1.39. The van der Waals surface area contributed by atoms with Crippen LogP contribution in [0.2, 0.25) is 0 Å². The molecule has 2 rings (SSSR count). The Bertz CT molecular complexity index is 505. The van der Waals surface area contributed by atoms with Gasteiger partial charge in [-0.05, 0) is 13.3 Å². The molecule has 6 nitrogen and oxygen atoms in total. The molecule has 0 aliphatic carbocycles. The van der Waals surface area contributed by atoms with Gasteiger partial charge in [0.1, 0.15) is 17.3 Å². The van der Waals surface area contributed by atoms with E-state index in [0.717, 1.165) is 6.42 Å². The van der Waals surface area contributed by atoms with Gasteiger partial charge >= 0.3 is 5.69 Å². The molecule has 4 atom stereocenters. The number of nitrogens with two attached hydrogens (primary N) is 1. The van der Waals surface area contributed by atoms with Gasteiger partial charge in [0.25, 0.3) is 0 Å². The molecule has 1 fully saturated rings. The monoisotopic (exact) mass is 271 g/mol. The number of aliphatic hydroxyl groups excluding tert-OH is 2. The molecule has 1 saturated heterocycles. The zero-order valence-corrected chi connectivity index (χ0v) is 11.1. The van der Waals surface area contributed by atoms with E-state index in [1.165, 1.54) is 16.3 Å². The second kappa shape index (κ2) is 4.91. The Morgan fingerprint density at radius 1 is 1.50 bits per heavy atom. The molecule has 0 bridgehead atoms. The predicted molar refractivity (Wildman–Crippen MR) is 70.4 cm³/mol. The molecule has 2 unspecified atom stereocenters. The third-order valence-corrected chi connectivity index (χ3v) is 4.93. The fourth-order valence-corrected chi connectivity index (χ4v) is 3.53. The predicted octanol–water partition coefficient (Wildman–Crippen LogP) is -0.120. The van der Waals surface area contributed by atoms with Gasteiger partial charge in [-0.3, -0.25) is 4.57 Å². The fraction of sp³-hybridized carbons (Fsp3) is 0.636. The summed E-state index contributed by atoms with van der Waals surface area (Å²) < 4.78 is 1.35. The standard InChI is InChI=1S/C11H17N3O3S/c1-3-6-7(15)8(16)10(18-6)14-4-5(2)9(12)13-11(14)17/h4,6-8,10,15-16H,3H2,1-2H3,(H2,12,13,17)/t6-,7+,8?,10?/m1/s1. The van der Waals surface area contributed by atoms with Crippen molar-refractivity contribution in [1.29, 1.82) is 0 Å². The second-order valence-corrected chi connectivity index (χ2v) is 5.81. The first-order valence-corrected chi connectivity index (χ1v) is 6.76. The molecule has 100 valence electrons. The highest BCUT2D eigenvalue weighted by Crippen LogP contribution is 2.42. The summed E-state index contributed by atoms with van der Waals surface area (Å²) in [5.74, 6) is 0.196. The smallest absolute Gasteiger partial charge is 0.350 e. The van der Waals surface area contributed by atoms with Crippen molar-refractivity contribution in [3.8, 4) is 0 Å². The summed E-state index contributed by atoms with van der Waals surface area (Å²) in [6.07, 6.45) is 0.517. The molecule has 7 heteroatoms. The van der Waals surface area contributed by atoms with Crippen LogP contribution in [0.25, 0.3) is 0 Å². The van der Waals surface area contributed by atoms with E-state index in [-0.39, 0.29) is 11.1 Å². The van der Waals surface area contributed by atoms with Crippen molar-refractivity contribution in [2.24, 2.45) is 0 Å². The average Bonchev–Trinajstić information content (AvgIpc) is 2.61. The maximum absolute atomic E-state index is 11.8. The van der Waals surface area contributed by atoms with Crippen LogP contribution in [0.3, 0.4) is 0 Å². The van der Waals surface area contributed by atoms with Crippen LogP contribution in [0.1, 0.15) is 24.3 Å². The largest absolute Gasteiger partial charge is 0.389 e. The van der Waals surface area contributed by atoms with Gasteiger partial charge in [0.15, 0.2) is 0 Å². The van der Waals surface area contributed by atoms with Crippen LogP contribution in [0, 0.1) is 6.92 Å². The zero-order valence-electron chi connectivity index (χ0n) is 10.3. The van der Waals surface area contributed by atoms with Crippen LogP contribution < -0.4 is 11.4 Å². The number of aryl methyl sites for hydroxylation is 1. The molecule has 1 aromatic heterocycles. The lowest BCUT2D eigenvalue weighted by atomic mass is 10.1. The molecule has 4 N–H and O–H groups in total. The molecule has 2 heterocycles. The van der Waals surface area contributed by atoms with Crippen LogP contribution in [-0.4, -0.2) is 37.2 Å². The molecular formula is C11H17N3O3S. The van der Waals surface area contributed by atoms with E-state index in [2.05, 4.69) is 4.98 Å². The third-order valence-electron chi connectivity index (χ3n) is 3.19. The summed E-state index contributed by atoms with van der Waals surface area (Å²) in [7, 11) is 0. The van der Waals surface area contributed by atoms with E-state index >= 15 is 0 Å². The number of hydrogen-bond donors (Lipinski definition) is 3. The SMILES string of the molecule is CC[C@H]1SC(n2cc(C)c(N)nc2=O)C(O)[C@H]1O. The molecule has 18 heavy (non-hydrogen) atoms. The minimum Gasteiger partial charge on any atom is -0.389 e. The van der Waals surface area contributed by atoms with E-state index in [0.29, 0.717) is 5.56 Å². The van der Waals surface area contributed by atoms with Crippen molar-refractivity contribution < 1.29 is 10.2 Å². The van der Waals surface area contributed by atoms with Crippen LogP contribution >= 0.6 is 11.8 Å². The normalized spacial score (nSPS) is 31.8. The van der Waals surface area contributed by atoms with Gasteiger partial charge in [0.2, 0.25) is 0 Å². The lowest BCUT2D eigenvalue weighted by molar-refractivity contribution is 0.0168. The summed E-state index contributed by atoms with van der Waals surface area (Å²) in [6.45, 7) is 3.68. The lowest BCUT2D eigenvalue weighted by Crippen LogP contribution is -2.35. The van der Waals surface area contributed by atoms with E-state index in [1.807, 2.05) is 6.92 Å². The van der Waals surface area contributed by atoms with Crippen LogP contribution in [0.5, 0.6) is 0 Å². The van der Waals surface area contributed by atoms with E-state index in [4.69, 9.17) is 5.73 Å². The van der Waals surface area contributed by atoms with Gasteiger partial charge in [0.05, 0.1) is 6.10 Å². The number of thioether (sulfide) groups is 1. The fourth-order valence-electron chi connectivity index (χ4n) is 2.06. The third kappa shape index (κ3) is 2.13. The zero-order chi connectivity index (χ0) is 13.4. The van der Waals surface area contributed by atoms with E-state index in [1.54, 1.807) is 13.1 Å². The Balaban J connectivity index is 2.39. The van der Waals surface area contributed by atoms with Crippen molar-refractivity contribution in [3.05, 3.63) is 22.2 Å². The van der Waals surface area contributed by atoms with E-state index < -0.39 is 23.3 Å². The second-order valence-electron chi connectivity index (χ2n) is 4.45. The Labute approximate surface area is 109 Å². The summed E-state index contributed by atoms with van der Waals surface area (Å²) in [5.41, 5.74) is 5.74. The van der Waals surface area contributed by atoms with E-state index in [9.17, 15) is 15.0 Å². The molecule has 0 spiro atoms. The summed E-state index contributed by atoms with van der Waals surface area (Å²) in [4.78, 5) is 15.5. The minimum atomic E-state index is -0.970. The van der Waals surface area contributed by atoms with Crippen molar-refractivity contribution in [2.75, 3.05) is 5.73 Å². The Morgan fingerprint density at radius 2 is 2.17 bits per heavy atom. The highest BCUT2D eigenvalue weighted by molar-refractivity contribution is 8.00. The van der Waals surface area contributed by atoms with Crippen LogP contribution in [-0.2, 0) is 0 Å². The maximum Gasteiger partial charge on any atom is 0.350 e. The van der Waals surface area contributed by atoms with Crippen LogP contribution in [0.4, 0.5) is 5.82 Å². The molecule has 1 aromatic rings. The number of aliphatic hydroxyl groups is 2. The lowest BCUT2D eigenvalue weighted by Gasteiger charge is -2.18. The van der Waals surface area contributed by atoms with Gasteiger partial charge in [-0.2, -0.15) is 4.98 Å². The van der Waals surface area contributed by atoms with Gasteiger partial charge in [-0.1, -0.05) is 6.92 Å². The first-order valence-electron chi connectivity index (χ1n) is 5.82. The molecule has 0 saturated carbocycles. The topological polar surface area (TPSA) is 101 Å². The number of hydrogen-bond acceptors (Lipinski definition) is 6. The Hall–Kier alpha value is -1.05. The summed E-state index contributed by atoms with van der Waals surface area (Å²) in [5, 5.41) is 19.3. The first-order chi connectivity index (χ1) is 8.45. The molecule has 0 amide bonds. The number of rotatable bonds is 2. The van der Waals surface area contributed by atoms with Crippen molar-refractivity contribution in [2.45, 2.75) is 43.1 Å². The highest BCUT2D eigenvalue weighted by Gasteiger charge is 2.42. The number of nitrogen functional groups attached to an aromatic ring is 1. The average molecular weight is 271 g/mol. The van der Waals surface area contributed by atoms with Crippen LogP contribution in [0.15, 0.2) is 11.0 Å². The quantitative estimate of drug-likeness (QED) is 0.693. The Morgan fingerprint density at radius 3 is 2.72 bits per heavy atom. The number of nitrogens with zero attached hydrogens (tertiary/aromatic N) is 2. The van der Waals surface area contributed by atoms with Gasteiger partial charge in [0, 0.05) is 17.0 Å². The molecule has 1 aliphatic rings. The van der Waals surface area contributed by atoms with Crippen molar-refractivity contribution in [3.63, 3.8) is 0 Å². The molecule has 0 radical (unpaired) electrons. The molecule has 0 aromatic carbocycles. The Kier molecular flexibility index (Phi) is 3.65. The number of anilines is 1. The van der Waals surface area contributed by atoms with Crippen molar-refractivity contribution in [1.82, 2.24) is 9.55 Å². The van der Waals surface area contributed by atoms with Gasteiger partial charge in [-0.25, -0.2) is 4.79 Å².